The zero-order valence-electron chi connectivity index (χ0n) is 15.1. The van der Waals surface area contributed by atoms with E-state index in [0.29, 0.717) is 11.4 Å². The Morgan fingerprint density at radius 1 is 1.04 bits per heavy atom. The number of nitrogens with zero attached hydrogens (tertiary/aromatic N) is 1. The number of rotatable bonds is 8. The van der Waals surface area contributed by atoms with Crippen LogP contribution in [0.1, 0.15) is 18.9 Å². The second-order valence-corrected chi connectivity index (χ2v) is 7.51. The van der Waals surface area contributed by atoms with Crippen LogP contribution >= 0.6 is 0 Å². The molecule has 0 radical (unpaired) electrons. The Labute approximate surface area is 154 Å². The smallest absolute Gasteiger partial charge is 0.307 e. The zero-order valence-corrected chi connectivity index (χ0v) is 16.0. The Balaban J connectivity index is 2.37. The molecule has 0 aromatic heterocycles. The van der Waals surface area contributed by atoms with Crippen molar-refractivity contribution in [2.45, 2.75) is 25.2 Å². The van der Waals surface area contributed by atoms with Crippen LogP contribution in [0.5, 0.6) is 5.75 Å². The van der Waals surface area contributed by atoms with Crippen molar-refractivity contribution in [2.75, 3.05) is 24.6 Å². The summed E-state index contributed by atoms with van der Waals surface area (Å²) in [5.74, 6) is 0.178. The highest BCUT2D eigenvalue weighted by molar-refractivity contribution is 7.92. The van der Waals surface area contributed by atoms with Gasteiger partial charge in [-0.1, -0.05) is 17.7 Å². The molecule has 7 heteroatoms. The molecule has 0 saturated heterocycles. The highest BCUT2D eigenvalue weighted by atomic mass is 32.2. The van der Waals surface area contributed by atoms with Crippen molar-refractivity contribution >= 4 is 21.7 Å². The average molecular weight is 377 g/mol. The summed E-state index contributed by atoms with van der Waals surface area (Å²) in [6.07, 6.45) is -0.0367. The van der Waals surface area contributed by atoms with Crippen molar-refractivity contribution in [1.29, 1.82) is 0 Å². The van der Waals surface area contributed by atoms with E-state index in [2.05, 4.69) is 0 Å². The van der Waals surface area contributed by atoms with Gasteiger partial charge in [-0.2, -0.15) is 0 Å². The summed E-state index contributed by atoms with van der Waals surface area (Å²) in [5.41, 5.74) is 1.42. The summed E-state index contributed by atoms with van der Waals surface area (Å²) in [7, 11) is -2.28. The Morgan fingerprint density at radius 3 is 2.19 bits per heavy atom. The fourth-order valence-corrected chi connectivity index (χ4v) is 3.87. The van der Waals surface area contributed by atoms with E-state index in [1.807, 2.05) is 6.92 Å². The molecule has 0 spiro atoms. The largest absolute Gasteiger partial charge is 0.497 e. The predicted molar refractivity (Wildman–Crippen MR) is 100.0 cm³/mol. The highest BCUT2D eigenvalue weighted by Gasteiger charge is 2.25. The molecule has 0 amide bonds. The van der Waals surface area contributed by atoms with Gasteiger partial charge in [0.25, 0.3) is 10.0 Å². The molecule has 0 atom stereocenters. The molecule has 6 nitrogen and oxygen atoms in total. The molecule has 0 N–H and O–H groups in total. The molecule has 0 aliphatic rings. The topological polar surface area (TPSA) is 72.9 Å². The van der Waals surface area contributed by atoms with Gasteiger partial charge < -0.3 is 9.47 Å². The van der Waals surface area contributed by atoms with Crippen LogP contribution < -0.4 is 9.04 Å². The summed E-state index contributed by atoms with van der Waals surface area (Å²) in [5, 5.41) is 0. The van der Waals surface area contributed by atoms with Crippen LogP contribution in [0.3, 0.4) is 0 Å². The number of aryl methyl sites for hydroxylation is 1. The molecule has 0 bridgehead atoms. The molecule has 0 fully saturated rings. The third-order valence-electron chi connectivity index (χ3n) is 3.79. The Hall–Kier alpha value is -2.54. The maximum absolute atomic E-state index is 13.1. The van der Waals surface area contributed by atoms with Crippen LogP contribution in [0.4, 0.5) is 5.69 Å². The van der Waals surface area contributed by atoms with E-state index in [0.717, 1.165) is 5.56 Å². The second kappa shape index (κ2) is 8.71. The van der Waals surface area contributed by atoms with Crippen molar-refractivity contribution in [1.82, 2.24) is 0 Å². The first kappa shape index (κ1) is 19.8. The number of carbonyl (C=O) groups excluding carboxylic acids is 1. The Bertz CT molecular complexity index is 829. The van der Waals surface area contributed by atoms with Gasteiger partial charge >= 0.3 is 5.97 Å². The van der Waals surface area contributed by atoms with Gasteiger partial charge in [-0.15, -0.1) is 0 Å². The van der Waals surface area contributed by atoms with Crippen molar-refractivity contribution in [2.24, 2.45) is 0 Å². The van der Waals surface area contributed by atoms with E-state index in [1.165, 1.54) is 11.4 Å². The van der Waals surface area contributed by atoms with E-state index in [1.54, 1.807) is 55.5 Å². The first-order valence-corrected chi connectivity index (χ1v) is 9.71. The van der Waals surface area contributed by atoms with Crippen LogP contribution in [0, 0.1) is 6.92 Å². The predicted octanol–water partition coefficient (Wildman–Crippen LogP) is 3.15. The number of sulfonamides is 1. The molecule has 0 heterocycles. The third-order valence-corrected chi connectivity index (χ3v) is 5.64. The SMILES string of the molecule is CCOC(=O)CCN(c1ccc(OC)cc1)S(=O)(=O)c1ccc(C)cc1. The van der Waals surface area contributed by atoms with Crippen molar-refractivity contribution < 1.29 is 22.7 Å². The molecule has 0 saturated carbocycles. The number of carbonyl (C=O) groups is 1. The molecule has 26 heavy (non-hydrogen) atoms. The molecule has 140 valence electrons. The van der Waals surface area contributed by atoms with Gasteiger partial charge in [0.1, 0.15) is 5.75 Å². The van der Waals surface area contributed by atoms with Gasteiger partial charge in [0, 0.05) is 6.54 Å². The molecule has 2 rings (SSSR count). The molecule has 0 aliphatic heterocycles. The summed E-state index contributed by atoms with van der Waals surface area (Å²) in [4.78, 5) is 11.9. The second-order valence-electron chi connectivity index (χ2n) is 5.64. The molecular weight excluding hydrogens is 354 g/mol. The van der Waals surface area contributed by atoms with Crippen LogP contribution in [0.25, 0.3) is 0 Å². The van der Waals surface area contributed by atoms with Crippen LogP contribution in [-0.4, -0.2) is 34.6 Å². The number of hydrogen-bond acceptors (Lipinski definition) is 5. The number of esters is 1. The fourth-order valence-electron chi connectivity index (χ4n) is 2.40. The zero-order chi connectivity index (χ0) is 19.2. The molecular formula is C19H23NO5S. The first-order chi connectivity index (χ1) is 12.4. The van der Waals surface area contributed by atoms with Crippen molar-refractivity contribution in [3.63, 3.8) is 0 Å². The molecule has 0 unspecified atom stereocenters. The van der Waals surface area contributed by atoms with Gasteiger partial charge in [0.05, 0.1) is 30.7 Å². The minimum atomic E-state index is -3.82. The Morgan fingerprint density at radius 2 is 1.65 bits per heavy atom. The number of hydrogen-bond donors (Lipinski definition) is 0. The van der Waals surface area contributed by atoms with Gasteiger partial charge in [-0.05, 0) is 50.2 Å². The number of anilines is 1. The quantitative estimate of drug-likeness (QED) is 0.661. The lowest BCUT2D eigenvalue weighted by Crippen LogP contribution is -2.33. The van der Waals surface area contributed by atoms with Crippen LogP contribution in [0.15, 0.2) is 53.4 Å². The summed E-state index contributed by atoms with van der Waals surface area (Å²) in [6, 6.07) is 13.3. The standard InChI is InChI=1S/C19H23NO5S/c1-4-25-19(21)13-14-20(16-7-9-17(24-3)10-8-16)26(22,23)18-11-5-15(2)6-12-18/h5-12H,4,13-14H2,1-3H3. The monoisotopic (exact) mass is 377 g/mol. The lowest BCUT2D eigenvalue weighted by Gasteiger charge is -2.24. The van der Waals surface area contributed by atoms with Crippen molar-refractivity contribution in [3.8, 4) is 5.75 Å². The molecule has 0 aliphatic carbocycles. The lowest BCUT2D eigenvalue weighted by molar-refractivity contribution is -0.142. The minimum Gasteiger partial charge on any atom is -0.497 e. The van der Waals surface area contributed by atoms with Crippen molar-refractivity contribution in [3.05, 3.63) is 54.1 Å². The van der Waals surface area contributed by atoms with E-state index < -0.39 is 16.0 Å². The Kier molecular flexibility index (Phi) is 6.63. The number of ether oxygens (including phenoxy) is 2. The van der Waals surface area contributed by atoms with Gasteiger partial charge in [-0.25, -0.2) is 8.42 Å². The van der Waals surface area contributed by atoms with Gasteiger partial charge in [0.15, 0.2) is 0 Å². The minimum absolute atomic E-state index is 0.0125. The average Bonchev–Trinajstić information content (AvgIpc) is 2.63. The van der Waals surface area contributed by atoms with Crippen LogP contribution in [-0.2, 0) is 19.6 Å². The van der Waals surface area contributed by atoms with E-state index in [9.17, 15) is 13.2 Å². The maximum atomic E-state index is 13.1. The summed E-state index contributed by atoms with van der Waals surface area (Å²) < 4.78 is 37.5. The van der Waals surface area contributed by atoms with E-state index >= 15 is 0 Å². The van der Waals surface area contributed by atoms with E-state index in [-0.39, 0.29) is 24.5 Å². The fraction of sp³-hybridized carbons (Fsp3) is 0.316. The van der Waals surface area contributed by atoms with Gasteiger partial charge in [0.2, 0.25) is 0 Å². The van der Waals surface area contributed by atoms with Gasteiger partial charge in [-0.3, -0.25) is 9.10 Å². The maximum Gasteiger partial charge on any atom is 0.307 e. The molecule has 2 aromatic carbocycles. The van der Waals surface area contributed by atoms with E-state index in [4.69, 9.17) is 9.47 Å². The first-order valence-electron chi connectivity index (χ1n) is 8.27. The molecule has 2 aromatic rings. The normalized spacial score (nSPS) is 11.0. The summed E-state index contributed by atoms with van der Waals surface area (Å²) in [6.45, 7) is 3.84. The summed E-state index contributed by atoms with van der Waals surface area (Å²) >= 11 is 0. The highest BCUT2D eigenvalue weighted by Crippen LogP contribution is 2.26. The third kappa shape index (κ3) is 4.76. The lowest BCUT2D eigenvalue weighted by atomic mass is 10.2. The number of methoxy groups -OCH3 is 1. The van der Waals surface area contributed by atoms with Crippen LogP contribution in [0.2, 0.25) is 0 Å². The number of benzene rings is 2.